The van der Waals surface area contributed by atoms with Crippen LogP contribution in [0, 0.1) is 5.41 Å². The molecule has 2 rings (SSSR count). The molecule has 0 amide bonds. The van der Waals surface area contributed by atoms with Gasteiger partial charge in [-0.15, -0.1) is 0 Å². The number of nitrogens with zero attached hydrogens (tertiary/aromatic N) is 2. The fraction of sp³-hybridized carbons (Fsp3) is 0.917. The molecule has 2 saturated heterocycles. The second-order valence-corrected chi connectivity index (χ2v) is 7.64. The molecule has 2 aliphatic rings. The fourth-order valence-corrected chi connectivity index (χ4v) is 4.61. The summed E-state index contributed by atoms with van der Waals surface area (Å²) in [7, 11) is -3.21. The van der Waals surface area contributed by atoms with Crippen molar-refractivity contribution in [2.24, 2.45) is 5.73 Å². The molecule has 0 saturated carbocycles. The van der Waals surface area contributed by atoms with Crippen LogP contribution in [0.15, 0.2) is 0 Å². The van der Waals surface area contributed by atoms with Crippen LogP contribution in [-0.4, -0.2) is 74.1 Å². The van der Waals surface area contributed by atoms with Crippen LogP contribution in [0.4, 0.5) is 0 Å². The van der Waals surface area contributed by atoms with Crippen LogP contribution in [0.2, 0.25) is 0 Å². The second-order valence-electron chi connectivity index (χ2n) is 5.42. The first kappa shape index (κ1) is 15.7. The van der Waals surface area contributed by atoms with Crippen LogP contribution in [0.25, 0.3) is 0 Å². The van der Waals surface area contributed by atoms with Crippen molar-refractivity contribution in [1.82, 2.24) is 9.21 Å². The Hall–Kier alpha value is -0.700. The maximum absolute atomic E-state index is 12.5. The van der Waals surface area contributed by atoms with E-state index in [-0.39, 0.29) is 17.1 Å². The Morgan fingerprint density at radius 1 is 1.25 bits per heavy atom. The predicted molar refractivity (Wildman–Crippen MR) is 77.3 cm³/mol. The molecule has 0 radical (unpaired) electrons. The summed E-state index contributed by atoms with van der Waals surface area (Å²) < 4.78 is 31.9. The Kier molecular flexibility index (Phi) is 5.00. The average molecular weight is 304 g/mol. The molecule has 7 nitrogen and oxygen atoms in total. The van der Waals surface area contributed by atoms with Gasteiger partial charge in [0.15, 0.2) is 0 Å². The van der Waals surface area contributed by atoms with Gasteiger partial charge in [0.25, 0.3) is 0 Å². The molecule has 3 N–H and O–H groups in total. The van der Waals surface area contributed by atoms with E-state index in [1.165, 1.54) is 0 Å². The first-order chi connectivity index (χ1) is 9.43. The van der Waals surface area contributed by atoms with Crippen molar-refractivity contribution in [3.63, 3.8) is 0 Å². The molecule has 2 aliphatic heterocycles. The molecule has 116 valence electrons. The summed E-state index contributed by atoms with van der Waals surface area (Å²) >= 11 is 0. The predicted octanol–water partition coefficient (Wildman–Crippen LogP) is -0.563. The Morgan fingerprint density at radius 2 is 1.80 bits per heavy atom. The summed E-state index contributed by atoms with van der Waals surface area (Å²) in [5.41, 5.74) is 5.50. The van der Waals surface area contributed by atoms with Gasteiger partial charge in [0.05, 0.1) is 11.3 Å². The fourth-order valence-electron chi connectivity index (χ4n) is 2.73. The van der Waals surface area contributed by atoms with Crippen molar-refractivity contribution in [2.45, 2.75) is 31.1 Å². The molecule has 0 aliphatic carbocycles. The molecule has 1 atom stereocenters. The van der Waals surface area contributed by atoms with Gasteiger partial charge in [-0.3, -0.25) is 10.3 Å². The molecule has 1 unspecified atom stereocenters. The zero-order chi connectivity index (χ0) is 14.8. The van der Waals surface area contributed by atoms with Gasteiger partial charge in [-0.25, -0.2) is 8.42 Å². The third-order valence-corrected chi connectivity index (χ3v) is 6.62. The van der Waals surface area contributed by atoms with Crippen LogP contribution < -0.4 is 5.73 Å². The van der Waals surface area contributed by atoms with E-state index in [2.05, 4.69) is 4.90 Å². The van der Waals surface area contributed by atoms with Gasteiger partial charge in [0, 0.05) is 39.4 Å². The molecule has 20 heavy (non-hydrogen) atoms. The van der Waals surface area contributed by atoms with E-state index in [0.717, 1.165) is 0 Å². The van der Waals surface area contributed by atoms with Gasteiger partial charge in [0.1, 0.15) is 5.84 Å². The van der Waals surface area contributed by atoms with E-state index >= 15 is 0 Å². The van der Waals surface area contributed by atoms with Gasteiger partial charge in [0.2, 0.25) is 10.0 Å². The van der Waals surface area contributed by atoms with Gasteiger partial charge in [-0.05, 0) is 19.8 Å². The van der Waals surface area contributed by atoms with Crippen LogP contribution in [0.3, 0.4) is 0 Å². The number of piperazine rings is 1. The highest BCUT2D eigenvalue weighted by molar-refractivity contribution is 7.89. The van der Waals surface area contributed by atoms with E-state index in [1.54, 1.807) is 4.31 Å². The third-order valence-electron chi connectivity index (χ3n) is 4.22. The topological polar surface area (TPSA) is 99.7 Å². The number of rotatable bonds is 4. The molecule has 0 aromatic carbocycles. The van der Waals surface area contributed by atoms with Crippen molar-refractivity contribution in [1.29, 1.82) is 5.41 Å². The van der Waals surface area contributed by atoms with Gasteiger partial charge in [-0.2, -0.15) is 4.31 Å². The summed E-state index contributed by atoms with van der Waals surface area (Å²) in [6, 6.07) is -0.122. The van der Waals surface area contributed by atoms with Gasteiger partial charge >= 0.3 is 0 Å². The standard InChI is InChI=1S/C12H24N4O3S/c1-10(12(13)14)15-4-6-16(7-5-15)20(17,18)11-2-8-19-9-3-11/h10-11H,2-9H2,1H3,(H3,13,14). The zero-order valence-electron chi connectivity index (χ0n) is 11.9. The smallest absolute Gasteiger partial charge is 0.217 e. The molecule has 8 heteroatoms. The summed E-state index contributed by atoms with van der Waals surface area (Å²) in [5.74, 6) is 0.130. The average Bonchev–Trinajstić information content (AvgIpc) is 2.47. The van der Waals surface area contributed by atoms with Crippen LogP contribution in [0.5, 0.6) is 0 Å². The van der Waals surface area contributed by atoms with Crippen molar-refractivity contribution in [3.05, 3.63) is 0 Å². The van der Waals surface area contributed by atoms with Crippen LogP contribution >= 0.6 is 0 Å². The Labute approximate surface area is 120 Å². The number of hydrogen-bond donors (Lipinski definition) is 2. The van der Waals surface area contributed by atoms with Crippen molar-refractivity contribution in [2.75, 3.05) is 39.4 Å². The molecule has 0 spiro atoms. The van der Waals surface area contributed by atoms with E-state index in [1.807, 2.05) is 6.92 Å². The number of sulfonamides is 1. The lowest BCUT2D eigenvalue weighted by molar-refractivity contribution is 0.0960. The second kappa shape index (κ2) is 6.38. The number of hydrogen-bond acceptors (Lipinski definition) is 5. The molecular weight excluding hydrogens is 280 g/mol. The maximum Gasteiger partial charge on any atom is 0.217 e. The minimum absolute atomic E-state index is 0.122. The maximum atomic E-state index is 12.5. The number of amidine groups is 1. The first-order valence-electron chi connectivity index (χ1n) is 7.07. The van der Waals surface area contributed by atoms with Gasteiger partial charge < -0.3 is 10.5 Å². The largest absolute Gasteiger partial charge is 0.386 e. The highest BCUT2D eigenvalue weighted by atomic mass is 32.2. The van der Waals surface area contributed by atoms with Crippen LogP contribution in [-0.2, 0) is 14.8 Å². The third kappa shape index (κ3) is 3.30. The lowest BCUT2D eigenvalue weighted by Crippen LogP contribution is -2.55. The first-order valence-corrected chi connectivity index (χ1v) is 8.58. The lowest BCUT2D eigenvalue weighted by Gasteiger charge is -2.38. The molecular formula is C12H24N4O3S. The highest BCUT2D eigenvalue weighted by Gasteiger charge is 2.35. The summed E-state index contributed by atoms with van der Waals surface area (Å²) in [4.78, 5) is 2.05. The van der Waals surface area contributed by atoms with Gasteiger partial charge in [-0.1, -0.05) is 0 Å². The minimum Gasteiger partial charge on any atom is -0.386 e. The Balaban J connectivity index is 1.94. The van der Waals surface area contributed by atoms with Crippen LogP contribution in [0.1, 0.15) is 19.8 Å². The zero-order valence-corrected chi connectivity index (χ0v) is 12.7. The summed E-state index contributed by atoms with van der Waals surface area (Å²) in [5, 5.41) is 7.16. The number of nitrogens with one attached hydrogen (secondary N) is 1. The van der Waals surface area contributed by atoms with E-state index < -0.39 is 10.0 Å². The SMILES string of the molecule is CC(C(=N)N)N1CCN(S(=O)(=O)C2CCOCC2)CC1. The molecule has 0 aromatic rings. The molecule has 2 heterocycles. The Bertz CT molecular complexity index is 440. The number of nitrogens with two attached hydrogens (primary N) is 1. The summed E-state index contributed by atoms with van der Waals surface area (Å²) in [6.07, 6.45) is 1.18. The molecule has 2 fully saturated rings. The molecule has 0 bridgehead atoms. The molecule has 0 aromatic heterocycles. The monoisotopic (exact) mass is 304 g/mol. The highest BCUT2D eigenvalue weighted by Crippen LogP contribution is 2.21. The summed E-state index contributed by atoms with van der Waals surface area (Å²) in [6.45, 7) is 5.17. The Morgan fingerprint density at radius 3 is 2.30 bits per heavy atom. The normalized spacial score (nSPS) is 25.4. The minimum atomic E-state index is -3.21. The number of ether oxygens (including phenoxy) is 1. The van der Waals surface area contributed by atoms with E-state index in [9.17, 15) is 8.42 Å². The van der Waals surface area contributed by atoms with Crippen molar-refractivity contribution >= 4 is 15.9 Å². The van der Waals surface area contributed by atoms with Crippen molar-refractivity contribution < 1.29 is 13.2 Å². The quantitative estimate of drug-likeness (QED) is 0.535. The lowest BCUT2D eigenvalue weighted by atomic mass is 10.2. The van der Waals surface area contributed by atoms with E-state index in [4.69, 9.17) is 15.9 Å². The van der Waals surface area contributed by atoms with E-state index in [0.29, 0.717) is 52.2 Å². The van der Waals surface area contributed by atoms with Crippen molar-refractivity contribution in [3.8, 4) is 0 Å².